The zero-order valence-electron chi connectivity index (χ0n) is 42.8. The Labute approximate surface area is 398 Å². The van der Waals surface area contributed by atoms with Crippen LogP contribution in [-0.2, 0) is 23.8 Å². The predicted octanol–water partition coefficient (Wildman–Crippen LogP) is 18.9. The van der Waals surface area contributed by atoms with Crippen LogP contribution in [0, 0.1) is 0 Å². The monoisotopic (exact) mass is 895 g/mol. The summed E-state index contributed by atoms with van der Waals surface area (Å²) < 4.78 is 17.4. The molecule has 0 radical (unpaired) electrons. The highest BCUT2D eigenvalue weighted by Gasteiger charge is 2.17. The summed E-state index contributed by atoms with van der Waals surface area (Å²) >= 11 is 0. The maximum Gasteiger partial charge on any atom is 0.306 e. The van der Waals surface area contributed by atoms with Gasteiger partial charge in [-0.3, -0.25) is 9.59 Å². The minimum Gasteiger partial charge on any atom is -0.462 e. The summed E-state index contributed by atoms with van der Waals surface area (Å²) in [4.78, 5) is 25.5. The van der Waals surface area contributed by atoms with E-state index in [4.69, 9.17) is 14.2 Å². The highest BCUT2D eigenvalue weighted by Crippen LogP contribution is 2.15. The van der Waals surface area contributed by atoms with Gasteiger partial charge in [-0.15, -0.1) is 0 Å². The highest BCUT2D eigenvalue weighted by atomic mass is 16.6. The molecule has 0 aromatic heterocycles. The standard InChI is InChI=1S/C59H106O5/c1-4-7-10-13-16-19-22-25-27-29-30-31-32-35-37-40-43-46-49-52-58(60)63-56-57(64-59(61)53-50-47-44-41-38-34-24-21-18-15-12-9-6-3)55-62-54-51-48-45-42-39-36-33-28-26-23-20-17-14-11-8-5-2/h16-17,19-20,25-28,30-31,57H,4-15,18,21-24,29,32-56H2,1-3H3/b19-16-,20-17-,27-25-,28-26-,31-30-. The van der Waals surface area contributed by atoms with E-state index in [2.05, 4.69) is 81.5 Å². The van der Waals surface area contributed by atoms with Crippen LogP contribution < -0.4 is 0 Å². The molecule has 0 aliphatic carbocycles. The fraction of sp³-hybridized carbons (Fsp3) is 0.797. The number of hydrogen-bond acceptors (Lipinski definition) is 5. The van der Waals surface area contributed by atoms with Gasteiger partial charge >= 0.3 is 11.9 Å². The Morgan fingerprint density at radius 1 is 0.344 bits per heavy atom. The van der Waals surface area contributed by atoms with E-state index < -0.39 is 6.10 Å². The first-order valence-electron chi connectivity index (χ1n) is 27.8. The van der Waals surface area contributed by atoms with E-state index in [1.165, 1.54) is 173 Å². The summed E-state index contributed by atoms with van der Waals surface area (Å²) in [6.45, 7) is 7.77. The van der Waals surface area contributed by atoms with Crippen molar-refractivity contribution in [2.24, 2.45) is 0 Å². The van der Waals surface area contributed by atoms with Gasteiger partial charge in [0.25, 0.3) is 0 Å². The van der Waals surface area contributed by atoms with Gasteiger partial charge in [-0.1, -0.05) is 236 Å². The molecule has 1 unspecified atom stereocenters. The Morgan fingerprint density at radius 3 is 1.08 bits per heavy atom. The van der Waals surface area contributed by atoms with E-state index in [1.807, 2.05) is 0 Å². The van der Waals surface area contributed by atoms with Gasteiger partial charge in [0.15, 0.2) is 6.10 Å². The Morgan fingerprint density at radius 2 is 0.656 bits per heavy atom. The Bertz CT molecular complexity index is 1100. The van der Waals surface area contributed by atoms with Crippen molar-refractivity contribution in [2.45, 2.75) is 284 Å². The quantitative estimate of drug-likeness (QED) is 0.0346. The number of esters is 2. The van der Waals surface area contributed by atoms with Crippen molar-refractivity contribution >= 4 is 11.9 Å². The first-order chi connectivity index (χ1) is 31.6. The van der Waals surface area contributed by atoms with E-state index in [1.54, 1.807) is 0 Å². The average Bonchev–Trinajstić information content (AvgIpc) is 3.30. The van der Waals surface area contributed by atoms with Gasteiger partial charge in [-0.2, -0.15) is 0 Å². The molecule has 0 aliphatic rings. The second-order valence-electron chi connectivity index (χ2n) is 18.5. The Hall–Kier alpha value is -2.40. The molecule has 0 fully saturated rings. The van der Waals surface area contributed by atoms with Gasteiger partial charge in [-0.25, -0.2) is 0 Å². The van der Waals surface area contributed by atoms with Crippen LogP contribution in [0.2, 0.25) is 0 Å². The summed E-state index contributed by atoms with van der Waals surface area (Å²) in [7, 11) is 0. The lowest BCUT2D eigenvalue weighted by Gasteiger charge is -2.18. The van der Waals surface area contributed by atoms with Gasteiger partial charge in [0.2, 0.25) is 0 Å². The van der Waals surface area contributed by atoms with Crippen molar-refractivity contribution in [3.8, 4) is 0 Å². The van der Waals surface area contributed by atoms with E-state index in [9.17, 15) is 9.59 Å². The number of hydrogen-bond donors (Lipinski definition) is 0. The van der Waals surface area contributed by atoms with Crippen molar-refractivity contribution in [3.63, 3.8) is 0 Å². The van der Waals surface area contributed by atoms with E-state index in [-0.39, 0.29) is 25.2 Å². The molecule has 0 saturated heterocycles. The number of ether oxygens (including phenoxy) is 3. The maximum atomic E-state index is 12.8. The molecule has 0 saturated carbocycles. The van der Waals surface area contributed by atoms with Crippen LogP contribution in [0.5, 0.6) is 0 Å². The largest absolute Gasteiger partial charge is 0.462 e. The number of carbonyl (C=O) groups excluding carboxylic acids is 2. The molecule has 0 bridgehead atoms. The summed E-state index contributed by atoms with van der Waals surface area (Å²) in [5.74, 6) is -0.407. The molecule has 0 spiro atoms. The lowest BCUT2D eigenvalue weighted by Crippen LogP contribution is -2.30. The molecular weight excluding hydrogens is 789 g/mol. The maximum absolute atomic E-state index is 12.8. The first kappa shape index (κ1) is 61.6. The molecule has 372 valence electrons. The predicted molar refractivity (Wildman–Crippen MR) is 279 cm³/mol. The molecule has 0 N–H and O–H groups in total. The molecule has 1 atom stereocenters. The normalized spacial score (nSPS) is 12.6. The molecule has 0 aromatic carbocycles. The van der Waals surface area contributed by atoms with Crippen molar-refractivity contribution in [2.75, 3.05) is 19.8 Å². The molecule has 0 aliphatic heterocycles. The minimum atomic E-state index is -0.546. The summed E-state index contributed by atoms with van der Waals surface area (Å²) in [6.07, 6.45) is 69.4. The number of rotatable bonds is 51. The second-order valence-corrected chi connectivity index (χ2v) is 18.5. The Balaban J connectivity index is 4.28. The smallest absolute Gasteiger partial charge is 0.306 e. The van der Waals surface area contributed by atoms with Crippen LogP contribution in [0.25, 0.3) is 0 Å². The first-order valence-corrected chi connectivity index (χ1v) is 27.8. The lowest BCUT2D eigenvalue weighted by atomic mass is 10.0. The van der Waals surface area contributed by atoms with Gasteiger partial charge in [0.1, 0.15) is 6.61 Å². The fourth-order valence-corrected chi connectivity index (χ4v) is 7.84. The van der Waals surface area contributed by atoms with Crippen molar-refractivity contribution in [1.29, 1.82) is 0 Å². The zero-order valence-corrected chi connectivity index (χ0v) is 42.8. The number of allylic oxidation sites excluding steroid dienone is 10. The van der Waals surface area contributed by atoms with Gasteiger partial charge in [-0.05, 0) is 89.9 Å². The molecule has 5 nitrogen and oxygen atoms in total. The van der Waals surface area contributed by atoms with Crippen LogP contribution in [0.4, 0.5) is 0 Å². The van der Waals surface area contributed by atoms with Crippen LogP contribution in [0.15, 0.2) is 60.8 Å². The second kappa shape index (κ2) is 54.9. The topological polar surface area (TPSA) is 61.8 Å². The molecule has 0 heterocycles. The zero-order chi connectivity index (χ0) is 46.3. The minimum absolute atomic E-state index is 0.0757. The Kier molecular flexibility index (Phi) is 52.9. The molecule has 0 amide bonds. The van der Waals surface area contributed by atoms with Gasteiger partial charge < -0.3 is 14.2 Å². The van der Waals surface area contributed by atoms with Gasteiger partial charge in [0, 0.05) is 19.4 Å². The van der Waals surface area contributed by atoms with E-state index >= 15 is 0 Å². The summed E-state index contributed by atoms with van der Waals surface area (Å²) in [5.41, 5.74) is 0. The third-order valence-electron chi connectivity index (χ3n) is 12.0. The molecule has 64 heavy (non-hydrogen) atoms. The molecule has 0 rings (SSSR count). The van der Waals surface area contributed by atoms with Gasteiger partial charge in [0.05, 0.1) is 6.61 Å². The van der Waals surface area contributed by atoms with Crippen molar-refractivity contribution in [3.05, 3.63) is 60.8 Å². The number of unbranched alkanes of at least 4 members (excludes halogenated alkanes) is 30. The van der Waals surface area contributed by atoms with Crippen molar-refractivity contribution < 1.29 is 23.8 Å². The fourth-order valence-electron chi connectivity index (χ4n) is 7.84. The van der Waals surface area contributed by atoms with Crippen LogP contribution in [0.3, 0.4) is 0 Å². The van der Waals surface area contributed by atoms with Crippen LogP contribution in [-0.4, -0.2) is 37.9 Å². The molecule has 0 aromatic rings. The highest BCUT2D eigenvalue weighted by molar-refractivity contribution is 5.70. The third kappa shape index (κ3) is 52.2. The molecule has 5 heteroatoms. The third-order valence-corrected chi connectivity index (χ3v) is 12.0. The van der Waals surface area contributed by atoms with Crippen LogP contribution in [0.1, 0.15) is 278 Å². The van der Waals surface area contributed by atoms with E-state index in [0.29, 0.717) is 19.4 Å². The molecular formula is C59H106O5. The lowest BCUT2D eigenvalue weighted by molar-refractivity contribution is -0.163. The number of carbonyl (C=O) groups is 2. The average molecular weight is 895 g/mol. The van der Waals surface area contributed by atoms with Crippen LogP contribution >= 0.6 is 0 Å². The van der Waals surface area contributed by atoms with E-state index in [0.717, 1.165) is 70.6 Å². The summed E-state index contributed by atoms with van der Waals surface area (Å²) in [5, 5.41) is 0. The van der Waals surface area contributed by atoms with Crippen molar-refractivity contribution in [1.82, 2.24) is 0 Å². The SMILES string of the molecule is CCCCC/C=C\C/C=C\C/C=C\CCCCCCCCC(=O)OCC(COCCCCCCCC/C=C\C/C=C\CCCCC)OC(=O)CCCCCCCCCCCCCCC. The summed E-state index contributed by atoms with van der Waals surface area (Å²) in [6, 6.07) is 0.